The van der Waals surface area contributed by atoms with Crippen molar-refractivity contribution >= 4 is 49.6 Å². The zero-order chi connectivity index (χ0) is 4.28. The smallest absolute Gasteiger partial charge is 0.310 e. The maximum atomic E-state index is 8.98. The largest absolute Gasteiger partial charge is 0.319 e. The van der Waals surface area contributed by atoms with E-state index < -0.39 is 10.8 Å². The Morgan fingerprint density at radius 2 is 1.67 bits per heavy atom. The first-order valence-corrected chi connectivity index (χ1v) is 1.85. The number of hydrogen-bond acceptors (Lipinski definition) is 3. The van der Waals surface area contributed by atoms with Gasteiger partial charge in [-0.15, -0.1) is 0 Å². The van der Waals surface area contributed by atoms with Gasteiger partial charge in [0.25, 0.3) is 0 Å². The van der Waals surface area contributed by atoms with E-state index in [0.717, 1.165) is 0 Å². The molecule has 0 radical (unpaired) electrons. The van der Waals surface area contributed by atoms with Crippen LogP contribution < -0.4 is 9.32 Å². The fraction of sp³-hybridized carbons (Fsp3) is 0. The van der Waals surface area contributed by atoms with Crippen LogP contribution >= 0.6 is 11.9 Å². The molecular formula is H2CaCl2O3. The summed E-state index contributed by atoms with van der Waals surface area (Å²) in [5.41, 5.74) is 0. The molecule has 0 bridgehead atoms. The van der Waals surface area contributed by atoms with Crippen molar-refractivity contribution in [2.24, 2.45) is 0 Å². The molecule has 36 valence electrons. The van der Waals surface area contributed by atoms with Crippen LogP contribution in [0.25, 0.3) is 0 Å². The number of hydrogen-bond donors (Lipinski definition) is 0. The third-order valence-corrected chi connectivity index (χ3v) is 0.429. The minimum atomic E-state index is -2.28. The van der Waals surface area contributed by atoms with Gasteiger partial charge in [-0.1, -0.05) is 0 Å². The first-order valence-electron chi connectivity index (χ1n) is 0.617. The summed E-state index contributed by atoms with van der Waals surface area (Å²) in [6.45, 7) is 0. The molecular weight excluding hydrogens is 159 g/mol. The molecule has 0 amide bonds. The molecule has 0 aliphatic rings. The molecule has 0 unspecified atom stereocenters. The standard InChI is InChI=1S/Ca.Cl2O3.2H/c;1-5-2(3)4;;. The van der Waals surface area contributed by atoms with Crippen molar-refractivity contribution in [3.8, 4) is 0 Å². The van der Waals surface area contributed by atoms with Crippen LogP contribution in [0, 0.1) is 10.8 Å². The second-order valence-electron chi connectivity index (χ2n) is 0.247. The zero-order valence-corrected chi connectivity index (χ0v) is 3.49. The molecule has 0 fully saturated rings. The molecule has 0 heterocycles. The van der Waals surface area contributed by atoms with Crippen molar-refractivity contribution in [2.75, 3.05) is 0 Å². The van der Waals surface area contributed by atoms with Crippen molar-refractivity contribution in [3.05, 3.63) is 0 Å². The topological polar surface area (TPSA) is 55.3 Å². The van der Waals surface area contributed by atoms with Crippen molar-refractivity contribution in [2.45, 2.75) is 0 Å². The van der Waals surface area contributed by atoms with Gasteiger partial charge >= 0.3 is 48.5 Å². The summed E-state index contributed by atoms with van der Waals surface area (Å²) < 4.78 is 21.1. The maximum absolute atomic E-state index is 8.98. The summed E-state index contributed by atoms with van der Waals surface area (Å²) in [6, 6.07) is 0. The first kappa shape index (κ1) is 10.7. The predicted molar refractivity (Wildman–Crippen MR) is 15.5 cm³/mol. The molecule has 0 aromatic carbocycles. The van der Waals surface area contributed by atoms with Crippen LogP contribution in [0.15, 0.2) is 0 Å². The van der Waals surface area contributed by atoms with E-state index in [1.54, 1.807) is 0 Å². The van der Waals surface area contributed by atoms with Crippen LogP contribution in [0.4, 0.5) is 0 Å². The third-order valence-electron chi connectivity index (χ3n) is 0.0476. The van der Waals surface area contributed by atoms with Crippen molar-refractivity contribution in [1.82, 2.24) is 0 Å². The van der Waals surface area contributed by atoms with Crippen LogP contribution in [0.5, 0.6) is 0 Å². The van der Waals surface area contributed by atoms with Crippen molar-refractivity contribution < 1.29 is 23.9 Å². The van der Waals surface area contributed by atoms with Crippen LogP contribution in [0.1, 0.15) is 0 Å². The van der Waals surface area contributed by atoms with Gasteiger partial charge in [0.15, 0.2) is 11.9 Å². The average molecular weight is 161 g/mol. The van der Waals surface area contributed by atoms with Crippen LogP contribution in [0.3, 0.4) is 0 Å². The molecule has 0 aromatic heterocycles. The summed E-state index contributed by atoms with van der Waals surface area (Å²) in [6.07, 6.45) is 0. The van der Waals surface area contributed by atoms with E-state index in [4.69, 9.17) is 9.32 Å². The van der Waals surface area contributed by atoms with E-state index in [1.165, 1.54) is 0 Å². The van der Waals surface area contributed by atoms with Gasteiger partial charge in [-0.05, 0) is 0 Å². The molecule has 6 heteroatoms. The molecule has 0 aliphatic carbocycles. The maximum Gasteiger partial charge on any atom is 0.310 e. The predicted octanol–water partition coefficient (Wildman–Crippen LogP) is -2.67. The Morgan fingerprint density at radius 3 is 1.67 bits per heavy atom. The Hall–Kier alpha value is 1.72. The SMILES string of the molecule is [CaH2].[O-][Cl+2]([O-])OCl. The van der Waals surface area contributed by atoms with E-state index in [9.17, 15) is 0 Å². The average Bonchev–Trinajstić information content (AvgIpc) is 1.38. The monoisotopic (exact) mass is 160 g/mol. The molecule has 0 saturated carbocycles. The molecule has 6 heavy (non-hydrogen) atoms. The Kier molecular flexibility index (Phi) is 11.9. The van der Waals surface area contributed by atoms with Gasteiger partial charge in [-0.25, -0.2) is 0 Å². The van der Waals surface area contributed by atoms with Crippen LogP contribution in [0.2, 0.25) is 0 Å². The van der Waals surface area contributed by atoms with Gasteiger partial charge in [0.05, 0.1) is 0 Å². The second kappa shape index (κ2) is 6.72. The fourth-order valence-corrected chi connectivity index (χ4v) is 0. The Labute approximate surface area is 72.8 Å². The summed E-state index contributed by atoms with van der Waals surface area (Å²) >= 11 is 4.21. The Bertz CT molecular complexity index is 22.8. The normalized spacial score (nSPS) is 8.00. The molecule has 0 aliphatic heterocycles. The zero-order valence-electron chi connectivity index (χ0n) is 1.98. The number of rotatable bonds is 1. The molecule has 3 nitrogen and oxygen atoms in total. The minimum Gasteiger partial charge on any atom is -0.319 e. The summed E-state index contributed by atoms with van der Waals surface area (Å²) in [5, 5.41) is 0. The van der Waals surface area contributed by atoms with Crippen LogP contribution in [-0.2, 0) is 3.84 Å². The van der Waals surface area contributed by atoms with Crippen LogP contribution in [-0.4, -0.2) is 37.7 Å². The van der Waals surface area contributed by atoms with E-state index >= 15 is 0 Å². The van der Waals surface area contributed by atoms with E-state index in [2.05, 4.69) is 15.7 Å². The van der Waals surface area contributed by atoms with Gasteiger partial charge in [0, 0.05) is 0 Å². The molecule has 0 atom stereocenters. The molecule has 0 spiro atoms. The summed E-state index contributed by atoms with van der Waals surface area (Å²) in [4.78, 5) is 0. The van der Waals surface area contributed by atoms with E-state index in [-0.39, 0.29) is 37.7 Å². The summed E-state index contributed by atoms with van der Waals surface area (Å²) in [5.74, 6) is 0. The number of halogens is 2. The van der Waals surface area contributed by atoms with Gasteiger partial charge in [-0.3, -0.25) is 0 Å². The second-order valence-corrected chi connectivity index (χ2v) is 1.09. The van der Waals surface area contributed by atoms with E-state index in [0.29, 0.717) is 0 Å². The minimum absolute atomic E-state index is 0. The van der Waals surface area contributed by atoms with Gasteiger partial charge in [0.2, 0.25) is 0 Å². The van der Waals surface area contributed by atoms with Gasteiger partial charge in [-0.2, -0.15) is 0 Å². The fourth-order valence-electron chi connectivity index (χ4n) is 0. The molecule has 0 N–H and O–H groups in total. The van der Waals surface area contributed by atoms with Gasteiger partial charge < -0.3 is 9.32 Å². The molecule has 0 aromatic rings. The summed E-state index contributed by atoms with van der Waals surface area (Å²) in [7, 11) is -2.28. The van der Waals surface area contributed by atoms with Crippen molar-refractivity contribution in [1.29, 1.82) is 0 Å². The molecule has 0 rings (SSSR count). The van der Waals surface area contributed by atoms with Crippen molar-refractivity contribution in [3.63, 3.8) is 0 Å². The quantitative estimate of drug-likeness (QED) is 0.394. The first-order chi connectivity index (χ1) is 2.27. The molecule has 0 saturated heterocycles. The Morgan fingerprint density at radius 1 is 1.50 bits per heavy atom. The van der Waals surface area contributed by atoms with E-state index in [1.807, 2.05) is 0 Å². The van der Waals surface area contributed by atoms with Gasteiger partial charge in [0.1, 0.15) is 3.84 Å². The Balaban J connectivity index is 0. The third kappa shape index (κ3) is 9.21.